The van der Waals surface area contributed by atoms with Crippen molar-refractivity contribution in [2.75, 3.05) is 6.61 Å². The molecule has 3 nitrogen and oxygen atoms in total. The number of hydrogen-bond acceptors (Lipinski definition) is 3. The molecule has 0 saturated carbocycles. The molecule has 0 amide bonds. The van der Waals surface area contributed by atoms with Crippen molar-refractivity contribution in [2.24, 2.45) is 5.92 Å². The lowest BCUT2D eigenvalue weighted by molar-refractivity contribution is 0.0190. The Bertz CT molecular complexity index is 256. The number of rotatable bonds is 5. The summed E-state index contributed by atoms with van der Waals surface area (Å²) in [6.45, 7) is 7.65. The van der Waals surface area contributed by atoms with Crippen molar-refractivity contribution in [1.29, 1.82) is 0 Å². The fourth-order valence-corrected chi connectivity index (χ4v) is 0.954. The van der Waals surface area contributed by atoms with Crippen LogP contribution in [0.2, 0.25) is 0 Å². The maximum absolute atomic E-state index is 5.24. The zero-order valence-electron chi connectivity index (χ0n) is 9.08. The highest BCUT2D eigenvalue weighted by atomic mass is 16.6. The normalized spacial score (nSPS) is 10.9. The molecule has 1 N–H and O–H groups in total. The van der Waals surface area contributed by atoms with Crippen LogP contribution in [0.15, 0.2) is 18.3 Å². The molecule has 14 heavy (non-hydrogen) atoms. The molecule has 1 aromatic heterocycles. The van der Waals surface area contributed by atoms with Crippen LogP contribution < -0.4 is 5.48 Å². The Balaban J connectivity index is 2.21. The number of aryl methyl sites for hydroxylation is 1. The van der Waals surface area contributed by atoms with Gasteiger partial charge in [0, 0.05) is 6.20 Å². The average Bonchev–Trinajstić information content (AvgIpc) is 2.15. The van der Waals surface area contributed by atoms with E-state index in [0.717, 1.165) is 12.3 Å². The summed E-state index contributed by atoms with van der Waals surface area (Å²) in [5, 5.41) is 0. The van der Waals surface area contributed by atoms with Crippen molar-refractivity contribution in [3.63, 3.8) is 0 Å². The predicted molar refractivity (Wildman–Crippen MR) is 56.6 cm³/mol. The Hall–Kier alpha value is -0.930. The number of aromatic nitrogens is 1. The zero-order valence-corrected chi connectivity index (χ0v) is 9.08. The lowest BCUT2D eigenvalue weighted by Crippen LogP contribution is -2.17. The van der Waals surface area contributed by atoms with E-state index >= 15 is 0 Å². The summed E-state index contributed by atoms with van der Waals surface area (Å²) in [5.41, 5.74) is 5.07. The van der Waals surface area contributed by atoms with Gasteiger partial charge in [0.15, 0.2) is 0 Å². The second kappa shape index (κ2) is 5.73. The molecule has 1 rings (SSSR count). The van der Waals surface area contributed by atoms with Crippen LogP contribution in [0.5, 0.6) is 0 Å². The van der Waals surface area contributed by atoms with E-state index in [1.54, 1.807) is 0 Å². The summed E-state index contributed by atoms with van der Waals surface area (Å²) in [7, 11) is 0. The van der Waals surface area contributed by atoms with Gasteiger partial charge in [0.05, 0.1) is 18.8 Å². The summed E-state index contributed by atoms with van der Waals surface area (Å²) in [4.78, 5) is 9.49. The van der Waals surface area contributed by atoms with Crippen LogP contribution in [0, 0.1) is 12.8 Å². The van der Waals surface area contributed by atoms with Gasteiger partial charge in [0.1, 0.15) is 0 Å². The second-order valence-corrected chi connectivity index (χ2v) is 3.85. The van der Waals surface area contributed by atoms with Gasteiger partial charge in [-0.25, -0.2) is 0 Å². The Labute approximate surface area is 85.5 Å². The van der Waals surface area contributed by atoms with Crippen LogP contribution in [0.3, 0.4) is 0 Å². The van der Waals surface area contributed by atoms with E-state index in [2.05, 4.69) is 24.3 Å². The van der Waals surface area contributed by atoms with E-state index < -0.39 is 0 Å². The smallest absolute Gasteiger partial charge is 0.0705 e. The second-order valence-electron chi connectivity index (χ2n) is 3.85. The van der Waals surface area contributed by atoms with Crippen molar-refractivity contribution >= 4 is 0 Å². The molecule has 0 aliphatic heterocycles. The molecule has 0 bridgehead atoms. The number of nitrogens with one attached hydrogen (secondary N) is 1. The molecule has 0 spiro atoms. The van der Waals surface area contributed by atoms with E-state index in [9.17, 15) is 0 Å². The van der Waals surface area contributed by atoms with Gasteiger partial charge in [-0.3, -0.25) is 4.98 Å². The lowest BCUT2D eigenvalue weighted by atomic mass is 10.2. The van der Waals surface area contributed by atoms with Gasteiger partial charge in [0.25, 0.3) is 0 Å². The van der Waals surface area contributed by atoms with Gasteiger partial charge in [-0.15, -0.1) is 0 Å². The van der Waals surface area contributed by atoms with E-state index in [1.165, 1.54) is 5.56 Å². The van der Waals surface area contributed by atoms with Gasteiger partial charge in [-0.1, -0.05) is 19.9 Å². The number of pyridine rings is 1. The standard InChI is InChI=1S/C11H18N2O/c1-9(2)8-14-13-7-11-5-4-10(3)6-12-11/h4-6,9,13H,7-8H2,1-3H3. The maximum Gasteiger partial charge on any atom is 0.0705 e. The number of hydroxylamine groups is 1. The highest BCUT2D eigenvalue weighted by Crippen LogP contribution is 1.98. The highest BCUT2D eigenvalue weighted by Gasteiger charge is 1.95. The molecule has 0 fully saturated rings. The van der Waals surface area contributed by atoms with Crippen molar-refractivity contribution in [2.45, 2.75) is 27.3 Å². The molecular formula is C11H18N2O. The van der Waals surface area contributed by atoms with E-state index in [-0.39, 0.29) is 0 Å². The summed E-state index contributed by atoms with van der Waals surface area (Å²) < 4.78 is 0. The van der Waals surface area contributed by atoms with Crippen molar-refractivity contribution < 1.29 is 4.84 Å². The van der Waals surface area contributed by atoms with Crippen LogP contribution in [0.1, 0.15) is 25.1 Å². The Morgan fingerprint density at radius 2 is 2.21 bits per heavy atom. The summed E-state index contributed by atoms with van der Waals surface area (Å²) >= 11 is 0. The molecule has 0 atom stereocenters. The van der Waals surface area contributed by atoms with Crippen LogP contribution in [-0.4, -0.2) is 11.6 Å². The molecular weight excluding hydrogens is 176 g/mol. The van der Waals surface area contributed by atoms with E-state index in [4.69, 9.17) is 4.84 Å². The van der Waals surface area contributed by atoms with Crippen LogP contribution in [-0.2, 0) is 11.4 Å². The molecule has 0 aliphatic rings. The van der Waals surface area contributed by atoms with Gasteiger partial charge < -0.3 is 4.84 Å². The molecule has 78 valence electrons. The maximum atomic E-state index is 5.24. The molecule has 0 saturated heterocycles. The molecule has 0 unspecified atom stereocenters. The largest absolute Gasteiger partial charge is 0.301 e. The molecule has 0 aromatic carbocycles. The quantitative estimate of drug-likeness (QED) is 0.575. The van der Waals surface area contributed by atoms with Gasteiger partial charge in [0.2, 0.25) is 0 Å². The van der Waals surface area contributed by atoms with Gasteiger partial charge >= 0.3 is 0 Å². The van der Waals surface area contributed by atoms with Crippen molar-refractivity contribution in [1.82, 2.24) is 10.5 Å². The highest BCUT2D eigenvalue weighted by molar-refractivity contribution is 5.11. The first-order chi connectivity index (χ1) is 6.68. The molecule has 0 aliphatic carbocycles. The Kier molecular flexibility index (Phi) is 4.56. The third-order valence-corrected chi connectivity index (χ3v) is 1.74. The van der Waals surface area contributed by atoms with E-state index in [0.29, 0.717) is 12.5 Å². The first kappa shape index (κ1) is 11.1. The average molecular weight is 194 g/mol. The number of hydrogen-bond donors (Lipinski definition) is 1. The minimum atomic E-state index is 0.550. The van der Waals surface area contributed by atoms with Crippen LogP contribution >= 0.6 is 0 Å². The molecule has 0 radical (unpaired) electrons. The van der Waals surface area contributed by atoms with Crippen LogP contribution in [0.25, 0.3) is 0 Å². The Morgan fingerprint density at radius 3 is 2.79 bits per heavy atom. The zero-order chi connectivity index (χ0) is 10.4. The number of nitrogens with zero attached hydrogens (tertiary/aromatic N) is 1. The fraction of sp³-hybridized carbons (Fsp3) is 0.545. The molecule has 1 heterocycles. The minimum Gasteiger partial charge on any atom is -0.301 e. The fourth-order valence-electron chi connectivity index (χ4n) is 0.954. The molecule has 1 aromatic rings. The first-order valence-electron chi connectivity index (χ1n) is 4.94. The van der Waals surface area contributed by atoms with Crippen LogP contribution in [0.4, 0.5) is 0 Å². The first-order valence-corrected chi connectivity index (χ1v) is 4.94. The SMILES string of the molecule is Cc1ccc(CNOCC(C)C)nc1. The third-order valence-electron chi connectivity index (χ3n) is 1.74. The van der Waals surface area contributed by atoms with Crippen molar-refractivity contribution in [3.05, 3.63) is 29.6 Å². The molecule has 3 heteroatoms. The monoisotopic (exact) mass is 194 g/mol. The Morgan fingerprint density at radius 1 is 1.43 bits per heavy atom. The van der Waals surface area contributed by atoms with Gasteiger partial charge in [-0.05, 0) is 24.5 Å². The minimum absolute atomic E-state index is 0.550. The third kappa shape index (κ3) is 4.35. The summed E-state index contributed by atoms with van der Waals surface area (Å²) in [5.74, 6) is 0.550. The lowest BCUT2D eigenvalue weighted by Gasteiger charge is -2.07. The van der Waals surface area contributed by atoms with E-state index in [1.807, 2.05) is 25.3 Å². The summed E-state index contributed by atoms with van der Waals surface area (Å²) in [6, 6.07) is 4.05. The topological polar surface area (TPSA) is 34.1 Å². The predicted octanol–water partition coefficient (Wildman–Crippen LogP) is 2.07. The summed E-state index contributed by atoms with van der Waals surface area (Å²) in [6.07, 6.45) is 1.86. The van der Waals surface area contributed by atoms with Crippen molar-refractivity contribution in [3.8, 4) is 0 Å². The van der Waals surface area contributed by atoms with Gasteiger partial charge in [-0.2, -0.15) is 5.48 Å².